The molecule has 0 N–H and O–H groups in total. The van der Waals surface area contributed by atoms with Gasteiger partial charge in [-0.05, 0) is 39.0 Å². The van der Waals surface area contributed by atoms with E-state index in [0.29, 0.717) is 11.8 Å². The smallest absolute Gasteiger partial charge is 0.115 e. The lowest BCUT2D eigenvalue weighted by molar-refractivity contribution is 0.394. The van der Waals surface area contributed by atoms with Gasteiger partial charge in [0.15, 0.2) is 0 Å². The molecule has 0 aliphatic heterocycles. The van der Waals surface area contributed by atoms with Crippen LogP contribution in [-0.2, 0) is 5.41 Å². The van der Waals surface area contributed by atoms with E-state index >= 15 is 0 Å². The average Bonchev–Trinajstić information content (AvgIpc) is 3.23. The summed E-state index contributed by atoms with van der Waals surface area (Å²) in [5.41, 5.74) is 6.58. The minimum atomic E-state index is 0.135. The van der Waals surface area contributed by atoms with E-state index in [1.807, 2.05) is 17.4 Å². The fraction of sp³-hybridized carbons (Fsp3) is 0.185. The molecule has 0 spiro atoms. The Labute approximate surface area is 177 Å². The van der Waals surface area contributed by atoms with Crippen LogP contribution in [0.5, 0.6) is 0 Å². The van der Waals surface area contributed by atoms with Crippen molar-refractivity contribution in [1.82, 2.24) is 0 Å². The van der Waals surface area contributed by atoms with Gasteiger partial charge >= 0.3 is 0 Å². The maximum atomic E-state index is 6.28. The lowest BCUT2D eigenvalue weighted by Crippen LogP contribution is -2.24. The minimum absolute atomic E-state index is 0.135. The largest absolute Gasteiger partial charge is 0.135 e. The molecule has 0 saturated carbocycles. The maximum absolute atomic E-state index is 6.28. The topological polar surface area (TPSA) is 0 Å². The third-order valence-corrected chi connectivity index (χ3v) is 8.24. The number of benzene rings is 3. The van der Waals surface area contributed by atoms with Gasteiger partial charge in [0.1, 0.15) is 7.85 Å². The first-order valence-corrected chi connectivity index (χ1v) is 11.1. The fourth-order valence-electron chi connectivity index (χ4n) is 5.42. The quantitative estimate of drug-likeness (QED) is 0.321. The monoisotopic (exact) mass is 388 g/mol. The van der Waals surface area contributed by atoms with Gasteiger partial charge in [0.25, 0.3) is 0 Å². The maximum Gasteiger partial charge on any atom is 0.115 e. The Balaban J connectivity index is 1.59. The summed E-state index contributed by atoms with van der Waals surface area (Å²) >= 11 is 1.82. The van der Waals surface area contributed by atoms with Crippen LogP contribution in [0.15, 0.2) is 78.9 Å². The van der Waals surface area contributed by atoms with Gasteiger partial charge in [-0.2, -0.15) is 0 Å². The van der Waals surface area contributed by atoms with Gasteiger partial charge in [-0.15, -0.1) is 11.3 Å². The molecule has 2 aliphatic carbocycles. The number of allylic oxidation sites excluding steroid dienone is 4. The first-order chi connectivity index (χ1) is 14.1. The molecule has 1 heterocycles. The van der Waals surface area contributed by atoms with E-state index in [2.05, 4.69) is 86.7 Å². The van der Waals surface area contributed by atoms with Gasteiger partial charge in [0, 0.05) is 20.7 Å². The number of thiophene rings is 1. The molecule has 0 fully saturated rings. The number of fused-ring (bicyclic) bond motifs is 6. The third kappa shape index (κ3) is 2.33. The van der Waals surface area contributed by atoms with Crippen LogP contribution in [0, 0.1) is 5.92 Å². The highest BCUT2D eigenvalue weighted by Gasteiger charge is 2.44. The second kappa shape index (κ2) is 5.97. The molecule has 2 aliphatic rings. The summed E-state index contributed by atoms with van der Waals surface area (Å²) in [6, 6.07) is 20.0. The van der Waals surface area contributed by atoms with E-state index in [1.165, 1.54) is 42.4 Å². The van der Waals surface area contributed by atoms with Crippen molar-refractivity contribution in [2.45, 2.75) is 25.2 Å². The normalized spacial score (nSPS) is 21.6. The summed E-state index contributed by atoms with van der Waals surface area (Å²) < 4.78 is 2.52. The first-order valence-electron chi connectivity index (χ1n) is 10.3. The predicted molar refractivity (Wildman–Crippen MR) is 128 cm³/mol. The summed E-state index contributed by atoms with van der Waals surface area (Å²) in [5, 5.41) is 2.56. The molecule has 6 rings (SSSR count). The van der Waals surface area contributed by atoms with Crippen LogP contribution >= 0.6 is 11.3 Å². The van der Waals surface area contributed by atoms with Crippen molar-refractivity contribution >= 4 is 44.8 Å². The van der Waals surface area contributed by atoms with Crippen molar-refractivity contribution in [2.24, 2.45) is 5.92 Å². The summed E-state index contributed by atoms with van der Waals surface area (Å²) in [6.07, 6.45) is 9.16. The van der Waals surface area contributed by atoms with E-state index in [-0.39, 0.29) is 5.41 Å². The Hall–Kier alpha value is -2.58. The standard InChI is InChI=1S/C27H21BS/c1-27(2)22-11-4-3-7-18(22)19-14-13-16(15-23(19)27)17-8-5-9-20-21-10-6-12-24(28)26(21)29-25(17)20/h3-15,18,22H,1-2H3. The van der Waals surface area contributed by atoms with Crippen molar-refractivity contribution in [2.75, 3.05) is 0 Å². The number of hydrogen-bond donors (Lipinski definition) is 0. The van der Waals surface area contributed by atoms with E-state index in [1.54, 1.807) is 0 Å². The van der Waals surface area contributed by atoms with Crippen molar-refractivity contribution in [3.63, 3.8) is 0 Å². The number of hydrogen-bond acceptors (Lipinski definition) is 1. The molecule has 2 unspecified atom stereocenters. The Bertz CT molecular complexity index is 1350. The zero-order valence-corrected chi connectivity index (χ0v) is 17.5. The van der Waals surface area contributed by atoms with Crippen LogP contribution in [0.3, 0.4) is 0 Å². The molecule has 2 heteroatoms. The molecule has 29 heavy (non-hydrogen) atoms. The van der Waals surface area contributed by atoms with Crippen molar-refractivity contribution < 1.29 is 0 Å². The molecule has 2 atom stereocenters. The van der Waals surface area contributed by atoms with E-state index in [9.17, 15) is 0 Å². The lowest BCUT2D eigenvalue weighted by Gasteiger charge is -2.29. The highest BCUT2D eigenvalue weighted by Crippen LogP contribution is 2.53. The fourth-order valence-corrected chi connectivity index (χ4v) is 6.68. The number of rotatable bonds is 1. The van der Waals surface area contributed by atoms with Crippen LogP contribution in [-0.4, -0.2) is 7.85 Å². The Morgan fingerprint density at radius 1 is 0.862 bits per heavy atom. The van der Waals surface area contributed by atoms with Crippen LogP contribution in [0.25, 0.3) is 31.3 Å². The van der Waals surface area contributed by atoms with Crippen LogP contribution in [0.4, 0.5) is 0 Å². The molecule has 0 saturated heterocycles. The molecule has 0 nitrogen and oxygen atoms in total. The van der Waals surface area contributed by atoms with Crippen molar-refractivity contribution in [3.8, 4) is 11.1 Å². The highest BCUT2D eigenvalue weighted by molar-refractivity contribution is 7.27. The highest BCUT2D eigenvalue weighted by atomic mass is 32.1. The van der Waals surface area contributed by atoms with E-state index < -0.39 is 0 Å². The second-order valence-corrected chi connectivity index (χ2v) is 9.87. The molecule has 3 aromatic carbocycles. The van der Waals surface area contributed by atoms with Crippen LogP contribution < -0.4 is 5.46 Å². The molecule has 138 valence electrons. The summed E-state index contributed by atoms with van der Waals surface area (Å²) in [7, 11) is 6.28. The van der Waals surface area contributed by atoms with Crippen LogP contribution in [0.1, 0.15) is 30.9 Å². The Morgan fingerprint density at radius 3 is 2.48 bits per heavy atom. The van der Waals surface area contributed by atoms with Gasteiger partial charge < -0.3 is 0 Å². The molecular weight excluding hydrogens is 367 g/mol. The van der Waals surface area contributed by atoms with Crippen LogP contribution in [0.2, 0.25) is 0 Å². The van der Waals surface area contributed by atoms with Gasteiger partial charge in [0.2, 0.25) is 0 Å². The van der Waals surface area contributed by atoms with Crippen molar-refractivity contribution in [3.05, 3.63) is 90.0 Å². The van der Waals surface area contributed by atoms with E-state index in [4.69, 9.17) is 7.85 Å². The summed E-state index contributed by atoms with van der Waals surface area (Å²) in [5.74, 6) is 1.04. The Kier molecular flexibility index (Phi) is 3.56. The summed E-state index contributed by atoms with van der Waals surface area (Å²) in [4.78, 5) is 0. The van der Waals surface area contributed by atoms with Gasteiger partial charge in [-0.3, -0.25) is 0 Å². The minimum Gasteiger partial charge on any atom is -0.135 e. The zero-order chi connectivity index (χ0) is 19.8. The second-order valence-electron chi connectivity index (χ2n) is 8.85. The summed E-state index contributed by atoms with van der Waals surface area (Å²) in [6.45, 7) is 4.79. The van der Waals surface area contributed by atoms with Gasteiger partial charge in [0.05, 0.1) is 0 Å². The molecule has 2 radical (unpaired) electrons. The average molecular weight is 388 g/mol. The molecule has 4 aromatic rings. The van der Waals surface area contributed by atoms with Gasteiger partial charge in [-0.1, -0.05) is 98.2 Å². The van der Waals surface area contributed by atoms with Gasteiger partial charge in [-0.25, -0.2) is 0 Å². The predicted octanol–water partition coefficient (Wildman–Crippen LogP) is 6.63. The van der Waals surface area contributed by atoms with E-state index in [0.717, 1.165) is 5.46 Å². The first kappa shape index (κ1) is 17.3. The van der Waals surface area contributed by atoms with Crippen molar-refractivity contribution in [1.29, 1.82) is 0 Å². The molecule has 0 amide bonds. The molecule has 0 bridgehead atoms. The molecule has 1 aromatic heterocycles. The Morgan fingerprint density at radius 2 is 1.62 bits per heavy atom. The molecular formula is C27H21BS. The lowest BCUT2D eigenvalue weighted by atomic mass is 9.74. The SMILES string of the molecule is [B]c1cccc2c1sc1c(-c3ccc4c(c3)C(C)(C)C3C=CC=CC43)cccc12. The third-order valence-electron chi connectivity index (χ3n) is 6.94. The zero-order valence-electron chi connectivity index (χ0n) is 16.6.